The molecule has 1 fully saturated rings. The molecule has 1 heterocycles. The Morgan fingerprint density at radius 3 is 2.41 bits per heavy atom. The van der Waals surface area contributed by atoms with Crippen LogP contribution in [0.25, 0.3) is 0 Å². The zero-order valence-electron chi connectivity index (χ0n) is 12.6. The summed E-state index contributed by atoms with van der Waals surface area (Å²) in [5, 5.41) is 11.8. The summed E-state index contributed by atoms with van der Waals surface area (Å²) in [6, 6.07) is 5.85. The summed E-state index contributed by atoms with van der Waals surface area (Å²) in [6.07, 6.45) is 0. The lowest BCUT2D eigenvalue weighted by Crippen LogP contribution is -2.33. The summed E-state index contributed by atoms with van der Waals surface area (Å²) in [5.41, 5.74) is 0.996. The van der Waals surface area contributed by atoms with Gasteiger partial charge in [-0.2, -0.15) is 0 Å². The highest BCUT2D eigenvalue weighted by atomic mass is 16.3. The number of urea groups is 1. The highest BCUT2D eigenvalue weighted by Gasteiger charge is 2.36. The summed E-state index contributed by atoms with van der Waals surface area (Å²) in [4.78, 5) is 37.4. The summed E-state index contributed by atoms with van der Waals surface area (Å²) in [5.74, 6) is -0.270. The largest absolute Gasteiger partial charge is 0.376 e. The minimum absolute atomic E-state index is 0.113. The first kappa shape index (κ1) is 16.0. The van der Waals surface area contributed by atoms with Crippen molar-refractivity contribution in [3.63, 3.8) is 0 Å². The molecule has 0 radical (unpaired) electrons. The molecule has 0 aliphatic carbocycles. The van der Waals surface area contributed by atoms with E-state index in [1.54, 1.807) is 24.3 Å². The molecule has 1 aromatic carbocycles. The Balaban J connectivity index is 2.08. The topological polar surface area (TPSA) is 90.0 Å². The van der Waals surface area contributed by atoms with Crippen LogP contribution in [0.5, 0.6) is 0 Å². The molecule has 22 heavy (non-hydrogen) atoms. The second kappa shape index (κ2) is 6.57. The van der Waals surface area contributed by atoms with Crippen molar-refractivity contribution >= 4 is 23.5 Å². The van der Waals surface area contributed by atoms with Crippen molar-refractivity contribution in [3.8, 4) is 0 Å². The Kier molecular flexibility index (Phi) is 4.77. The maximum Gasteiger partial charge on any atom is 0.333 e. The molecule has 4 amide bonds. The number of rotatable bonds is 5. The average molecular weight is 305 g/mol. The van der Waals surface area contributed by atoms with Gasteiger partial charge in [0.05, 0.1) is 0 Å². The van der Waals surface area contributed by atoms with Gasteiger partial charge in [0, 0.05) is 17.8 Å². The van der Waals surface area contributed by atoms with Crippen LogP contribution in [0.1, 0.15) is 24.2 Å². The number of hydrogen-bond acceptors (Lipinski definition) is 4. The van der Waals surface area contributed by atoms with E-state index < -0.39 is 18.7 Å². The van der Waals surface area contributed by atoms with Crippen LogP contribution < -0.4 is 10.2 Å². The molecule has 0 spiro atoms. The lowest BCUT2D eigenvalue weighted by atomic mass is 10.1. The van der Waals surface area contributed by atoms with Gasteiger partial charge < -0.3 is 10.4 Å². The van der Waals surface area contributed by atoms with Gasteiger partial charge in [0.15, 0.2) is 0 Å². The van der Waals surface area contributed by atoms with Gasteiger partial charge in [0.25, 0.3) is 11.8 Å². The number of anilines is 1. The summed E-state index contributed by atoms with van der Waals surface area (Å²) in [6.45, 7) is 3.85. The molecule has 1 aliphatic rings. The van der Waals surface area contributed by atoms with E-state index in [0.717, 1.165) is 4.90 Å². The third-order valence-electron chi connectivity index (χ3n) is 3.31. The van der Waals surface area contributed by atoms with E-state index in [4.69, 9.17) is 5.11 Å². The van der Waals surface area contributed by atoms with Crippen LogP contribution in [0.15, 0.2) is 24.3 Å². The van der Waals surface area contributed by atoms with Crippen molar-refractivity contribution < 1.29 is 19.5 Å². The second-order valence-corrected chi connectivity index (χ2v) is 5.48. The SMILES string of the molecule is CC(C)CNC(=O)c1ccc(N2CC(=O)N(CO)C2=O)cc1. The smallest absolute Gasteiger partial charge is 0.333 e. The Morgan fingerprint density at radius 1 is 1.27 bits per heavy atom. The highest BCUT2D eigenvalue weighted by molar-refractivity contribution is 6.12. The van der Waals surface area contributed by atoms with E-state index in [-0.39, 0.29) is 12.5 Å². The van der Waals surface area contributed by atoms with Crippen LogP contribution in [-0.2, 0) is 4.79 Å². The van der Waals surface area contributed by atoms with Gasteiger partial charge >= 0.3 is 6.03 Å². The first-order chi connectivity index (χ1) is 10.4. The van der Waals surface area contributed by atoms with Gasteiger partial charge in [0.2, 0.25) is 0 Å². The van der Waals surface area contributed by atoms with Gasteiger partial charge in [-0.15, -0.1) is 0 Å². The fraction of sp³-hybridized carbons (Fsp3) is 0.400. The predicted molar refractivity (Wildman–Crippen MR) is 80.3 cm³/mol. The quantitative estimate of drug-likeness (QED) is 0.787. The van der Waals surface area contributed by atoms with Gasteiger partial charge in [-0.3, -0.25) is 14.5 Å². The normalized spacial score (nSPS) is 14.9. The third kappa shape index (κ3) is 3.25. The van der Waals surface area contributed by atoms with E-state index in [1.165, 1.54) is 4.90 Å². The van der Waals surface area contributed by atoms with Crippen molar-refractivity contribution in [2.45, 2.75) is 13.8 Å². The van der Waals surface area contributed by atoms with Crippen molar-refractivity contribution in [1.29, 1.82) is 0 Å². The van der Waals surface area contributed by atoms with Gasteiger partial charge in [-0.05, 0) is 30.2 Å². The van der Waals surface area contributed by atoms with Gasteiger partial charge in [0.1, 0.15) is 13.3 Å². The van der Waals surface area contributed by atoms with Crippen LogP contribution in [0.3, 0.4) is 0 Å². The van der Waals surface area contributed by atoms with E-state index in [9.17, 15) is 14.4 Å². The molecule has 1 saturated heterocycles. The minimum atomic E-state index is -0.635. The summed E-state index contributed by atoms with van der Waals surface area (Å²) in [7, 11) is 0. The Labute approximate surface area is 128 Å². The molecule has 0 saturated carbocycles. The number of imide groups is 1. The first-order valence-corrected chi connectivity index (χ1v) is 7.05. The lowest BCUT2D eigenvalue weighted by molar-refractivity contribution is -0.127. The molecule has 1 aliphatic heterocycles. The van der Waals surface area contributed by atoms with E-state index in [2.05, 4.69) is 5.32 Å². The Morgan fingerprint density at radius 2 is 1.91 bits per heavy atom. The lowest BCUT2D eigenvalue weighted by Gasteiger charge is -2.16. The zero-order chi connectivity index (χ0) is 16.3. The predicted octanol–water partition coefficient (Wildman–Crippen LogP) is 0.791. The molecule has 2 rings (SSSR count). The molecule has 0 atom stereocenters. The Hall–Kier alpha value is -2.41. The fourth-order valence-electron chi connectivity index (χ4n) is 2.07. The van der Waals surface area contributed by atoms with Crippen LogP contribution in [0.4, 0.5) is 10.5 Å². The number of nitrogens with one attached hydrogen (secondary N) is 1. The van der Waals surface area contributed by atoms with Crippen molar-refractivity contribution in [2.75, 3.05) is 24.7 Å². The van der Waals surface area contributed by atoms with Crippen molar-refractivity contribution in [2.24, 2.45) is 5.92 Å². The Bertz CT molecular complexity index is 583. The number of hydrogen-bond donors (Lipinski definition) is 2. The number of carbonyl (C=O) groups excluding carboxylic acids is 3. The fourth-order valence-corrected chi connectivity index (χ4v) is 2.07. The van der Waals surface area contributed by atoms with E-state index in [0.29, 0.717) is 23.7 Å². The highest BCUT2D eigenvalue weighted by Crippen LogP contribution is 2.21. The average Bonchev–Trinajstić information content (AvgIpc) is 2.79. The van der Waals surface area contributed by atoms with Gasteiger partial charge in [-0.1, -0.05) is 13.8 Å². The molecule has 0 unspecified atom stereocenters. The number of aliphatic hydroxyl groups is 1. The van der Waals surface area contributed by atoms with Crippen LogP contribution >= 0.6 is 0 Å². The molecular formula is C15H19N3O4. The van der Waals surface area contributed by atoms with Crippen LogP contribution in [0, 0.1) is 5.92 Å². The molecular weight excluding hydrogens is 286 g/mol. The van der Waals surface area contributed by atoms with E-state index in [1.807, 2.05) is 13.8 Å². The van der Waals surface area contributed by atoms with Crippen LogP contribution in [-0.4, -0.2) is 47.7 Å². The molecule has 118 valence electrons. The molecule has 1 aromatic rings. The monoisotopic (exact) mass is 305 g/mol. The molecule has 0 aromatic heterocycles. The molecule has 7 nitrogen and oxygen atoms in total. The first-order valence-electron chi connectivity index (χ1n) is 7.05. The molecule has 2 N–H and O–H groups in total. The summed E-state index contributed by atoms with van der Waals surface area (Å²) >= 11 is 0. The number of carbonyl (C=O) groups is 3. The summed E-state index contributed by atoms with van der Waals surface area (Å²) < 4.78 is 0. The second-order valence-electron chi connectivity index (χ2n) is 5.48. The minimum Gasteiger partial charge on any atom is -0.376 e. The molecule has 7 heteroatoms. The number of aliphatic hydroxyl groups excluding tert-OH is 1. The maximum atomic E-state index is 11.9. The number of amides is 4. The zero-order valence-corrected chi connectivity index (χ0v) is 12.6. The van der Waals surface area contributed by atoms with Crippen molar-refractivity contribution in [3.05, 3.63) is 29.8 Å². The third-order valence-corrected chi connectivity index (χ3v) is 3.31. The number of benzene rings is 1. The molecule has 0 bridgehead atoms. The maximum absolute atomic E-state index is 11.9. The van der Waals surface area contributed by atoms with E-state index >= 15 is 0 Å². The van der Waals surface area contributed by atoms with Crippen molar-refractivity contribution in [1.82, 2.24) is 10.2 Å². The van der Waals surface area contributed by atoms with Gasteiger partial charge in [-0.25, -0.2) is 9.69 Å². The standard InChI is InChI=1S/C15H19N3O4/c1-10(2)7-16-14(21)11-3-5-12(6-4-11)17-8-13(20)18(9-19)15(17)22/h3-6,10,19H,7-9H2,1-2H3,(H,16,21). The number of nitrogens with zero attached hydrogens (tertiary/aromatic N) is 2. The van der Waals surface area contributed by atoms with Crippen LogP contribution in [0.2, 0.25) is 0 Å².